The minimum absolute atomic E-state index is 0.0481. The summed E-state index contributed by atoms with van der Waals surface area (Å²) in [6, 6.07) is 3.40. The molecule has 126 valence electrons. The molecule has 0 saturated heterocycles. The predicted octanol–water partition coefficient (Wildman–Crippen LogP) is 1.84. The van der Waals surface area contributed by atoms with Crippen LogP contribution >= 0.6 is 0 Å². The first-order chi connectivity index (χ1) is 10.3. The average Bonchev–Trinajstić information content (AvgIpc) is 2.48. The second-order valence-corrected chi connectivity index (χ2v) is 5.96. The Kier molecular flexibility index (Phi) is 6.77. The Labute approximate surface area is 132 Å². The molecule has 6 heteroatoms. The van der Waals surface area contributed by atoms with Crippen LogP contribution in [0.3, 0.4) is 0 Å². The first kappa shape index (κ1) is 18.4. The van der Waals surface area contributed by atoms with E-state index in [1.807, 2.05) is 20.8 Å². The summed E-state index contributed by atoms with van der Waals surface area (Å²) in [4.78, 5) is 0. The van der Waals surface area contributed by atoms with Gasteiger partial charge in [0.05, 0.1) is 21.3 Å². The summed E-state index contributed by atoms with van der Waals surface area (Å²) in [5, 5.41) is 13.2. The van der Waals surface area contributed by atoms with Gasteiger partial charge >= 0.3 is 0 Å². The van der Waals surface area contributed by atoms with Gasteiger partial charge in [-0.2, -0.15) is 0 Å². The molecule has 1 aromatic rings. The highest BCUT2D eigenvalue weighted by atomic mass is 16.5. The number of aliphatic hydroxyl groups excluding tert-OH is 1. The van der Waals surface area contributed by atoms with Crippen molar-refractivity contribution in [2.75, 3.05) is 34.5 Å². The Morgan fingerprint density at radius 3 is 2.00 bits per heavy atom. The standard InChI is InChI=1S/C16H27NO5/c1-16(2,3)17-9-11(18)10-22-12-7-13(19-4)15(21-6)14(8-12)20-5/h7-8,11,17-18H,9-10H2,1-6H3. The number of β-amino-alcohol motifs (C(OH)–C–C–N with tert-alkyl or cyclic N) is 1. The first-order valence-electron chi connectivity index (χ1n) is 7.16. The molecule has 0 radical (unpaired) electrons. The van der Waals surface area contributed by atoms with E-state index in [-0.39, 0.29) is 12.1 Å². The Morgan fingerprint density at radius 2 is 1.59 bits per heavy atom. The summed E-state index contributed by atoms with van der Waals surface area (Å²) >= 11 is 0. The molecule has 0 fully saturated rings. The largest absolute Gasteiger partial charge is 0.493 e. The lowest BCUT2D eigenvalue weighted by atomic mass is 10.1. The lowest BCUT2D eigenvalue weighted by molar-refractivity contribution is 0.0997. The third-order valence-corrected chi connectivity index (χ3v) is 2.95. The number of aliphatic hydroxyl groups is 1. The summed E-state index contributed by atoms with van der Waals surface area (Å²) in [6.07, 6.45) is -0.613. The van der Waals surface area contributed by atoms with Crippen molar-refractivity contribution in [1.82, 2.24) is 5.32 Å². The highest BCUT2D eigenvalue weighted by Crippen LogP contribution is 2.40. The Hall–Kier alpha value is -1.66. The maximum absolute atomic E-state index is 9.95. The summed E-state index contributed by atoms with van der Waals surface area (Å²) in [5.41, 5.74) is -0.0481. The number of hydrogen-bond donors (Lipinski definition) is 2. The number of hydrogen-bond acceptors (Lipinski definition) is 6. The molecule has 0 amide bonds. The third-order valence-electron chi connectivity index (χ3n) is 2.95. The average molecular weight is 313 g/mol. The van der Waals surface area contributed by atoms with Crippen molar-refractivity contribution in [3.63, 3.8) is 0 Å². The van der Waals surface area contributed by atoms with Crippen LogP contribution in [0.25, 0.3) is 0 Å². The monoisotopic (exact) mass is 313 g/mol. The number of benzene rings is 1. The zero-order valence-corrected chi connectivity index (χ0v) is 14.2. The molecular weight excluding hydrogens is 286 g/mol. The van der Waals surface area contributed by atoms with Crippen molar-refractivity contribution in [3.8, 4) is 23.0 Å². The fourth-order valence-corrected chi connectivity index (χ4v) is 1.82. The molecule has 0 aliphatic carbocycles. The van der Waals surface area contributed by atoms with Crippen LogP contribution in [-0.4, -0.2) is 51.2 Å². The molecule has 0 spiro atoms. The Bertz CT molecular complexity index is 445. The van der Waals surface area contributed by atoms with E-state index >= 15 is 0 Å². The molecule has 0 aromatic heterocycles. The van der Waals surface area contributed by atoms with Crippen LogP contribution in [0.15, 0.2) is 12.1 Å². The van der Waals surface area contributed by atoms with E-state index in [2.05, 4.69) is 5.32 Å². The van der Waals surface area contributed by atoms with Gasteiger partial charge < -0.3 is 29.4 Å². The molecule has 1 unspecified atom stereocenters. The quantitative estimate of drug-likeness (QED) is 0.763. The first-order valence-corrected chi connectivity index (χ1v) is 7.16. The molecule has 0 aliphatic heterocycles. The Balaban J connectivity index is 2.69. The van der Waals surface area contributed by atoms with Crippen LogP contribution in [0.4, 0.5) is 0 Å². The molecule has 22 heavy (non-hydrogen) atoms. The second kappa shape index (κ2) is 8.10. The molecule has 1 aromatic carbocycles. The van der Waals surface area contributed by atoms with Gasteiger partial charge in [0, 0.05) is 24.2 Å². The van der Waals surface area contributed by atoms with E-state index in [4.69, 9.17) is 18.9 Å². The van der Waals surface area contributed by atoms with E-state index in [1.165, 1.54) is 0 Å². The third kappa shape index (κ3) is 5.61. The molecule has 0 heterocycles. The minimum atomic E-state index is -0.613. The molecule has 1 rings (SSSR count). The number of nitrogens with one attached hydrogen (secondary N) is 1. The van der Waals surface area contributed by atoms with Gasteiger partial charge in [-0.15, -0.1) is 0 Å². The summed E-state index contributed by atoms with van der Waals surface area (Å²) in [5.74, 6) is 2.08. The van der Waals surface area contributed by atoms with Crippen molar-refractivity contribution in [2.24, 2.45) is 0 Å². The molecule has 0 bridgehead atoms. The van der Waals surface area contributed by atoms with E-state index in [1.54, 1.807) is 33.5 Å². The van der Waals surface area contributed by atoms with Gasteiger partial charge in [-0.3, -0.25) is 0 Å². The van der Waals surface area contributed by atoms with E-state index in [9.17, 15) is 5.11 Å². The van der Waals surface area contributed by atoms with E-state index in [0.29, 0.717) is 29.5 Å². The van der Waals surface area contributed by atoms with Gasteiger partial charge in [0.2, 0.25) is 5.75 Å². The van der Waals surface area contributed by atoms with E-state index in [0.717, 1.165) is 0 Å². The van der Waals surface area contributed by atoms with Crippen LogP contribution in [0.2, 0.25) is 0 Å². The lowest BCUT2D eigenvalue weighted by Gasteiger charge is -2.23. The fraction of sp³-hybridized carbons (Fsp3) is 0.625. The minimum Gasteiger partial charge on any atom is -0.493 e. The van der Waals surface area contributed by atoms with E-state index < -0.39 is 6.10 Å². The molecule has 0 aliphatic rings. The second-order valence-electron chi connectivity index (χ2n) is 5.96. The molecule has 1 atom stereocenters. The maximum atomic E-state index is 9.95. The summed E-state index contributed by atoms with van der Waals surface area (Å²) in [7, 11) is 4.63. The number of methoxy groups -OCH3 is 3. The summed E-state index contributed by atoms with van der Waals surface area (Å²) in [6.45, 7) is 6.75. The van der Waals surface area contributed by atoms with Gasteiger partial charge in [0.15, 0.2) is 11.5 Å². The van der Waals surface area contributed by atoms with Crippen molar-refractivity contribution in [1.29, 1.82) is 0 Å². The van der Waals surface area contributed by atoms with Gasteiger partial charge in [-0.25, -0.2) is 0 Å². The van der Waals surface area contributed by atoms with Gasteiger partial charge in [0.1, 0.15) is 18.5 Å². The van der Waals surface area contributed by atoms with Crippen LogP contribution < -0.4 is 24.3 Å². The van der Waals surface area contributed by atoms with Gasteiger partial charge in [-0.05, 0) is 20.8 Å². The zero-order valence-electron chi connectivity index (χ0n) is 14.2. The molecule has 0 saturated carbocycles. The SMILES string of the molecule is COc1cc(OCC(O)CNC(C)(C)C)cc(OC)c1OC. The number of rotatable bonds is 8. The highest BCUT2D eigenvalue weighted by molar-refractivity contribution is 5.55. The molecular formula is C16H27NO5. The van der Waals surface area contributed by atoms with Crippen molar-refractivity contribution >= 4 is 0 Å². The van der Waals surface area contributed by atoms with Crippen molar-refractivity contribution < 1.29 is 24.1 Å². The van der Waals surface area contributed by atoms with Crippen LogP contribution in [0.1, 0.15) is 20.8 Å². The fourth-order valence-electron chi connectivity index (χ4n) is 1.82. The smallest absolute Gasteiger partial charge is 0.203 e. The van der Waals surface area contributed by atoms with Crippen LogP contribution in [0, 0.1) is 0 Å². The topological polar surface area (TPSA) is 69.2 Å². The molecule has 6 nitrogen and oxygen atoms in total. The van der Waals surface area contributed by atoms with Crippen LogP contribution in [-0.2, 0) is 0 Å². The normalized spacial score (nSPS) is 12.7. The van der Waals surface area contributed by atoms with Crippen LogP contribution in [0.5, 0.6) is 23.0 Å². The lowest BCUT2D eigenvalue weighted by Crippen LogP contribution is -2.42. The summed E-state index contributed by atoms with van der Waals surface area (Å²) < 4.78 is 21.4. The maximum Gasteiger partial charge on any atom is 0.203 e. The van der Waals surface area contributed by atoms with Gasteiger partial charge in [0.25, 0.3) is 0 Å². The number of ether oxygens (including phenoxy) is 4. The van der Waals surface area contributed by atoms with Gasteiger partial charge in [-0.1, -0.05) is 0 Å². The molecule has 2 N–H and O–H groups in total. The highest BCUT2D eigenvalue weighted by Gasteiger charge is 2.16. The predicted molar refractivity (Wildman–Crippen MR) is 85.4 cm³/mol. The van der Waals surface area contributed by atoms with Crippen molar-refractivity contribution in [2.45, 2.75) is 32.4 Å². The Morgan fingerprint density at radius 1 is 1.05 bits per heavy atom. The zero-order chi connectivity index (χ0) is 16.8. The van der Waals surface area contributed by atoms with Crippen molar-refractivity contribution in [3.05, 3.63) is 12.1 Å².